The molecule has 5 nitrogen and oxygen atoms in total. The first-order valence-electron chi connectivity index (χ1n) is 10.1. The van der Waals surface area contributed by atoms with Gasteiger partial charge in [0.2, 0.25) is 0 Å². The highest BCUT2D eigenvalue weighted by molar-refractivity contribution is 5.94. The van der Waals surface area contributed by atoms with Crippen LogP contribution >= 0.6 is 0 Å². The molecular weight excluding hydrogens is 381 g/mol. The monoisotopic (exact) mass is 403 g/mol. The molecule has 5 rings (SSSR count). The Labute approximate surface area is 174 Å². The predicted molar refractivity (Wildman–Crippen MR) is 112 cm³/mol. The molecule has 30 heavy (non-hydrogen) atoms. The Morgan fingerprint density at radius 2 is 2.03 bits per heavy atom. The maximum atomic E-state index is 13.8. The van der Waals surface area contributed by atoms with Gasteiger partial charge >= 0.3 is 0 Å². The summed E-state index contributed by atoms with van der Waals surface area (Å²) in [6.45, 7) is 0.617. The topological polar surface area (TPSA) is 65.5 Å². The van der Waals surface area contributed by atoms with Crippen molar-refractivity contribution in [2.45, 2.75) is 18.5 Å². The Bertz CT molecular complexity index is 1090. The van der Waals surface area contributed by atoms with Crippen molar-refractivity contribution in [1.82, 2.24) is 9.88 Å². The summed E-state index contributed by atoms with van der Waals surface area (Å²) in [4.78, 5) is 19.2. The third-order valence-electron chi connectivity index (χ3n) is 6.20. The number of likely N-dealkylation sites (tertiary alicyclic amines) is 1. The molecular formula is C24H22FN3O2. The minimum Gasteiger partial charge on any atom is -0.394 e. The number of halogens is 1. The number of hydrogen-bond acceptors (Lipinski definition) is 4. The van der Waals surface area contributed by atoms with Crippen LogP contribution in [-0.2, 0) is 0 Å². The van der Waals surface area contributed by atoms with Gasteiger partial charge in [-0.05, 0) is 59.5 Å². The van der Waals surface area contributed by atoms with E-state index in [-0.39, 0.29) is 36.3 Å². The molecule has 2 aliphatic heterocycles. The number of carbonyl (C=O) groups excluding carboxylic acids is 1. The Morgan fingerprint density at radius 1 is 1.17 bits per heavy atom. The molecule has 0 unspecified atom stereocenters. The second kappa shape index (κ2) is 7.54. The summed E-state index contributed by atoms with van der Waals surface area (Å²) >= 11 is 0. The van der Waals surface area contributed by atoms with E-state index in [1.807, 2.05) is 29.2 Å². The van der Waals surface area contributed by atoms with E-state index in [1.165, 1.54) is 12.1 Å². The lowest BCUT2D eigenvalue weighted by molar-refractivity contribution is 0.0700. The summed E-state index contributed by atoms with van der Waals surface area (Å²) in [7, 11) is 0. The number of aliphatic hydroxyl groups excluding tert-OH is 1. The van der Waals surface area contributed by atoms with Gasteiger partial charge in [-0.15, -0.1) is 0 Å². The predicted octanol–water partition coefficient (Wildman–Crippen LogP) is 3.88. The van der Waals surface area contributed by atoms with Crippen LogP contribution in [0.3, 0.4) is 0 Å². The van der Waals surface area contributed by atoms with Gasteiger partial charge in [-0.1, -0.05) is 18.2 Å². The Morgan fingerprint density at radius 3 is 2.80 bits per heavy atom. The largest absolute Gasteiger partial charge is 0.394 e. The average molecular weight is 403 g/mol. The molecule has 3 heterocycles. The molecule has 0 bridgehead atoms. The summed E-state index contributed by atoms with van der Waals surface area (Å²) in [5.41, 5.74) is 4.15. The zero-order valence-electron chi connectivity index (χ0n) is 16.3. The van der Waals surface area contributed by atoms with Crippen molar-refractivity contribution in [3.05, 3.63) is 83.9 Å². The molecule has 6 heteroatoms. The molecule has 0 radical (unpaired) electrons. The Kier molecular flexibility index (Phi) is 4.71. The number of hydrogen-bond donors (Lipinski definition) is 2. The van der Waals surface area contributed by atoms with Crippen LogP contribution in [0.5, 0.6) is 0 Å². The number of nitrogens with zero attached hydrogens (tertiary/aromatic N) is 2. The molecule has 2 N–H and O–H groups in total. The van der Waals surface area contributed by atoms with Crippen LogP contribution in [0.4, 0.5) is 10.1 Å². The highest BCUT2D eigenvalue weighted by atomic mass is 19.1. The van der Waals surface area contributed by atoms with Gasteiger partial charge in [0.25, 0.3) is 5.91 Å². The van der Waals surface area contributed by atoms with Crippen LogP contribution in [0, 0.1) is 11.7 Å². The van der Waals surface area contributed by atoms with E-state index in [9.17, 15) is 14.3 Å². The number of benzene rings is 2. The number of anilines is 1. The molecule has 1 aromatic heterocycles. The highest BCUT2D eigenvalue weighted by Gasteiger charge is 2.45. The Balaban J connectivity index is 1.58. The highest BCUT2D eigenvalue weighted by Crippen LogP contribution is 2.47. The average Bonchev–Trinajstić information content (AvgIpc) is 3.24. The van der Waals surface area contributed by atoms with Crippen molar-refractivity contribution in [3.63, 3.8) is 0 Å². The SMILES string of the molecule is O=C(c1cccnc1)N1CC[C@H]2[C@H](CO)Nc3ccc(-c4cccc(F)c4)cc3[C@H]21. The quantitative estimate of drug-likeness (QED) is 0.697. The van der Waals surface area contributed by atoms with Gasteiger partial charge in [-0.2, -0.15) is 0 Å². The normalized spacial score (nSPS) is 22.2. The molecule has 0 aliphatic carbocycles. The van der Waals surface area contributed by atoms with Crippen LogP contribution in [0.2, 0.25) is 0 Å². The summed E-state index contributed by atoms with van der Waals surface area (Å²) in [5.74, 6) is -0.238. The van der Waals surface area contributed by atoms with Gasteiger partial charge in [0.05, 0.1) is 24.3 Å². The molecule has 0 saturated carbocycles. The first-order valence-corrected chi connectivity index (χ1v) is 10.1. The van der Waals surface area contributed by atoms with Gasteiger partial charge in [-0.25, -0.2) is 4.39 Å². The van der Waals surface area contributed by atoms with Crippen LogP contribution in [0.25, 0.3) is 11.1 Å². The first-order chi connectivity index (χ1) is 14.7. The van der Waals surface area contributed by atoms with E-state index >= 15 is 0 Å². The number of amides is 1. The molecule has 1 fully saturated rings. The molecule has 2 aromatic carbocycles. The van der Waals surface area contributed by atoms with Crippen molar-refractivity contribution < 1.29 is 14.3 Å². The number of nitrogens with one attached hydrogen (secondary N) is 1. The minimum absolute atomic E-state index is 0.00117. The van der Waals surface area contributed by atoms with Crippen LogP contribution in [-0.4, -0.2) is 40.1 Å². The lowest BCUT2D eigenvalue weighted by Gasteiger charge is -2.39. The molecule has 1 amide bonds. The van der Waals surface area contributed by atoms with Gasteiger partial charge in [-0.3, -0.25) is 9.78 Å². The molecule has 1 saturated heterocycles. The molecule has 3 atom stereocenters. The fourth-order valence-electron chi connectivity index (χ4n) is 4.79. The second-order valence-electron chi connectivity index (χ2n) is 7.88. The zero-order chi connectivity index (χ0) is 20.7. The summed E-state index contributed by atoms with van der Waals surface area (Å²) in [5, 5.41) is 13.4. The van der Waals surface area contributed by atoms with Crippen molar-refractivity contribution in [2.24, 2.45) is 5.92 Å². The van der Waals surface area contributed by atoms with E-state index in [0.717, 1.165) is 28.8 Å². The van der Waals surface area contributed by atoms with Gasteiger partial charge in [0, 0.05) is 30.5 Å². The number of pyridine rings is 1. The summed E-state index contributed by atoms with van der Waals surface area (Å²) < 4.78 is 13.8. The molecule has 152 valence electrons. The van der Waals surface area contributed by atoms with E-state index < -0.39 is 0 Å². The minimum atomic E-state index is -0.282. The number of rotatable bonds is 3. The summed E-state index contributed by atoms with van der Waals surface area (Å²) in [6, 6.07) is 15.7. The number of fused-ring (bicyclic) bond motifs is 3. The third kappa shape index (κ3) is 3.13. The maximum Gasteiger partial charge on any atom is 0.255 e. The zero-order valence-corrected chi connectivity index (χ0v) is 16.3. The van der Waals surface area contributed by atoms with Crippen LogP contribution < -0.4 is 5.32 Å². The van der Waals surface area contributed by atoms with Gasteiger partial charge < -0.3 is 15.3 Å². The molecule has 0 spiro atoms. The van der Waals surface area contributed by atoms with E-state index in [0.29, 0.717) is 12.1 Å². The van der Waals surface area contributed by atoms with Gasteiger partial charge in [0.1, 0.15) is 5.82 Å². The summed E-state index contributed by atoms with van der Waals surface area (Å²) in [6.07, 6.45) is 4.04. The lowest BCUT2D eigenvalue weighted by Crippen LogP contribution is -2.42. The van der Waals surface area contributed by atoms with Crippen LogP contribution in [0.1, 0.15) is 28.4 Å². The van der Waals surface area contributed by atoms with Crippen molar-refractivity contribution in [1.29, 1.82) is 0 Å². The van der Waals surface area contributed by atoms with Crippen molar-refractivity contribution in [3.8, 4) is 11.1 Å². The standard InChI is InChI=1S/C24H22FN3O2/c25-18-5-1-3-15(11-18)16-6-7-21-20(12-16)23-19(22(14-29)27-21)8-10-28(23)24(30)17-4-2-9-26-13-17/h1-7,9,11-13,19,22-23,27,29H,8,10,14H2/t19-,22-,23-/m0/s1. The smallest absolute Gasteiger partial charge is 0.255 e. The molecule has 2 aliphatic rings. The first kappa shape index (κ1) is 18.8. The van der Waals surface area contributed by atoms with Crippen molar-refractivity contribution in [2.75, 3.05) is 18.5 Å². The van der Waals surface area contributed by atoms with E-state index in [4.69, 9.17) is 0 Å². The van der Waals surface area contributed by atoms with E-state index in [2.05, 4.69) is 10.3 Å². The third-order valence-corrected chi connectivity index (χ3v) is 6.20. The van der Waals surface area contributed by atoms with Crippen LogP contribution in [0.15, 0.2) is 67.0 Å². The number of carbonyl (C=O) groups is 1. The Hall–Kier alpha value is -3.25. The van der Waals surface area contributed by atoms with Gasteiger partial charge in [0.15, 0.2) is 0 Å². The van der Waals surface area contributed by atoms with E-state index in [1.54, 1.807) is 30.6 Å². The lowest BCUT2D eigenvalue weighted by atomic mass is 9.82. The fourth-order valence-corrected chi connectivity index (χ4v) is 4.79. The fraction of sp³-hybridized carbons (Fsp3) is 0.250. The van der Waals surface area contributed by atoms with Crippen molar-refractivity contribution >= 4 is 11.6 Å². The number of aromatic nitrogens is 1. The maximum absolute atomic E-state index is 13.8. The second-order valence-corrected chi connectivity index (χ2v) is 7.88. The number of aliphatic hydroxyl groups is 1. The molecule has 3 aromatic rings.